The zero-order chi connectivity index (χ0) is 18.7. The Morgan fingerprint density at radius 1 is 1.11 bits per heavy atom. The molecule has 3 aliphatic heterocycles. The summed E-state index contributed by atoms with van der Waals surface area (Å²) in [6.45, 7) is 4.73. The summed E-state index contributed by atoms with van der Waals surface area (Å²) >= 11 is 0. The van der Waals surface area contributed by atoms with E-state index >= 15 is 0 Å². The Kier molecular flexibility index (Phi) is 3.69. The molecular weight excluding hydrogens is 350 g/mol. The number of carbonyl (C=O) groups excluding carboxylic acids is 2. The second-order valence-electron chi connectivity index (χ2n) is 7.49. The van der Waals surface area contributed by atoms with Crippen LogP contribution in [0.1, 0.15) is 37.3 Å². The summed E-state index contributed by atoms with van der Waals surface area (Å²) in [4.78, 5) is 25.9. The van der Waals surface area contributed by atoms with Crippen LogP contribution in [0.25, 0.3) is 0 Å². The van der Waals surface area contributed by atoms with Gasteiger partial charge in [0.1, 0.15) is 0 Å². The SMILES string of the molecule is CC(=O)O[C@H]1[C@H]2c3cc4c(cc3CN3CCC(=C[C@@H]1OC(C)=O)[C@@H]23)OCO4. The minimum Gasteiger partial charge on any atom is -0.458 e. The van der Waals surface area contributed by atoms with E-state index in [1.54, 1.807) is 0 Å². The Hall–Kier alpha value is -2.54. The van der Waals surface area contributed by atoms with Crippen molar-refractivity contribution in [2.24, 2.45) is 0 Å². The largest absolute Gasteiger partial charge is 0.458 e. The van der Waals surface area contributed by atoms with E-state index in [-0.39, 0.29) is 30.7 Å². The number of nitrogens with zero attached hydrogens (tertiary/aromatic N) is 1. The third-order valence-corrected chi connectivity index (χ3v) is 5.83. The number of esters is 2. The van der Waals surface area contributed by atoms with Crippen LogP contribution in [0.15, 0.2) is 23.8 Å². The normalized spacial score (nSPS) is 30.2. The third-order valence-electron chi connectivity index (χ3n) is 5.83. The van der Waals surface area contributed by atoms with Gasteiger partial charge in [0.15, 0.2) is 23.7 Å². The van der Waals surface area contributed by atoms with Gasteiger partial charge in [-0.05, 0) is 35.8 Å². The first kappa shape index (κ1) is 16.6. The smallest absolute Gasteiger partial charge is 0.303 e. The molecule has 0 aromatic heterocycles. The molecule has 1 aromatic rings. The van der Waals surface area contributed by atoms with Crippen LogP contribution in [0.3, 0.4) is 0 Å². The molecular formula is C20H21NO6. The predicted octanol–water partition coefficient (Wildman–Crippen LogP) is 1.89. The number of ether oxygens (including phenoxy) is 4. The lowest BCUT2D eigenvalue weighted by Gasteiger charge is -2.46. The fourth-order valence-electron chi connectivity index (χ4n) is 4.94. The van der Waals surface area contributed by atoms with Crippen molar-refractivity contribution >= 4 is 11.9 Å². The van der Waals surface area contributed by atoms with Crippen molar-refractivity contribution in [3.63, 3.8) is 0 Å². The number of fused-ring (bicyclic) bond motifs is 3. The van der Waals surface area contributed by atoms with Crippen LogP contribution in [0, 0.1) is 0 Å². The predicted molar refractivity (Wildman–Crippen MR) is 93.3 cm³/mol. The van der Waals surface area contributed by atoms with Crippen molar-refractivity contribution in [1.29, 1.82) is 0 Å². The number of hydrogen-bond acceptors (Lipinski definition) is 7. The lowest BCUT2D eigenvalue weighted by atomic mass is 9.73. The molecule has 7 heteroatoms. The van der Waals surface area contributed by atoms with Crippen LogP contribution in [0.2, 0.25) is 0 Å². The van der Waals surface area contributed by atoms with Gasteiger partial charge in [-0.25, -0.2) is 0 Å². The fourth-order valence-corrected chi connectivity index (χ4v) is 4.94. The average molecular weight is 371 g/mol. The Morgan fingerprint density at radius 2 is 1.85 bits per heavy atom. The summed E-state index contributed by atoms with van der Waals surface area (Å²) in [5, 5.41) is 0. The number of benzene rings is 1. The standard InChI is InChI=1S/C20H21NO6/c1-10(22)26-17-5-12-3-4-21-8-13-6-15-16(25-9-24-15)7-14(13)18(19(12)21)20(17)27-11(2)23/h5-7,17-20H,3-4,8-9H2,1-2H3/t17-,18-,19-,20+/m0/s1. The first-order chi connectivity index (χ1) is 13.0. The van der Waals surface area contributed by atoms with Crippen molar-refractivity contribution in [3.8, 4) is 11.5 Å². The van der Waals surface area contributed by atoms with E-state index in [9.17, 15) is 9.59 Å². The van der Waals surface area contributed by atoms with Crippen LogP contribution in [0.4, 0.5) is 0 Å². The zero-order valence-corrected chi connectivity index (χ0v) is 15.3. The molecule has 3 heterocycles. The lowest BCUT2D eigenvalue weighted by molar-refractivity contribution is -0.165. The van der Waals surface area contributed by atoms with E-state index in [0.717, 1.165) is 36.4 Å². The molecule has 1 saturated heterocycles. The van der Waals surface area contributed by atoms with Crippen molar-refractivity contribution in [2.75, 3.05) is 13.3 Å². The molecule has 4 aliphatic rings. The van der Waals surface area contributed by atoms with Gasteiger partial charge in [-0.15, -0.1) is 0 Å². The van der Waals surface area contributed by atoms with Crippen LogP contribution < -0.4 is 9.47 Å². The van der Waals surface area contributed by atoms with Crippen LogP contribution in [-0.2, 0) is 25.6 Å². The highest BCUT2D eigenvalue weighted by Crippen LogP contribution is 2.50. The van der Waals surface area contributed by atoms with Crippen LogP contribution in [0.5, 0.6) is 11.5 Å². The molecule has 0 unspecified atom stereocenters. The second kappa shape index (κ2) is 5.99. The van der Waals surface area contributed by atoms with Gasteiger partial charge in [-0.3, -0.25) is 14.5 Å². The van der Waals surface area contributed by atoms with Crippen LogP contribution >= 0.6 is 0 Å². The van der Waals surface area contributed by atoms with Gasteiger partial charge in [0.2, 0.25) is 6.79 Å². The van der Waals surface area contributed by atoms with E-state index in [4.69, 9.17) is 18.9 Å². The summed E-state index contributed by atoms with van der Waals surface area (Å²) < 4.78 is 22.4. The quantitative estimate of drug-likeness (QED) is 0.580. The molecule has 5 rings (SSSR count). The van der Waals surface area contributed by atoms with Gasteiger partial charge >= 0.3 is 11.9 Å². The van der Waals surface area contributed by atoms with E-state index < -0.39 is 12.2 Å². The Balaban J connectivity index is 1.65. The molecule has 0 spiro atoms. The minimum atomic E-state index is -0.584. The molecule has 142 valence electrons. The molecule has 7 nitrogen and oxygen atoms in total. The van der Waals surface area contributed by atoms with E-state index in [2.05, 4.69) is 4.90 Å². The van der Waals surface area contributed by atoms with Crippen molar-refractivity contribution < 1.29 is 28.5 Å². The Labute approximate surface area is 156 Å². The summed E-state index contributed by atoms with van der Waals surface area (Å²) in [6, 6.07) is 4.17. The summed E-state index contributed by atoms with van der Waals surface area (Å²) in [5.41, 5.74) is 3.47. The fraction of sp³-hybridized carbons (Fsp3) is 0.500. The monoisotopic (exact) mass is 371 g/mol. The van der Waals surface area contributed by atoms with Gasteiger partial charge in [0, 0.05) is 38.9 Å². The number of carbonyl (C=O) groups is 2. The van der Waals surface area contributed by atoms with Gasteiger partial charge in [0.25, 0.3) is 0 Å². The first-order valence-electron chi connectivity index (χ1n) is 9.23. The maximum Gasteiger partial charge on any atom is 0.303 e. The molecule has 0 N–H and O–H groups in total. The molecule has 0 radical (unpaired) electrons. The van der Waals surface area contributed by atoms with E-state index in [1.807, 2.05) is 18.2 Å². The highest BCUT2D eigenvalue weighted by molar-refractivity contribution is 5.68. The summed E-state index contributed by atoms with van der Waals surface area (Å²) in [6.07, 6.45) is 1.75. The Morgan fingerprint density at radius 3 is 2.59 bits per heavy atom. The molecule has 1 aromatic carbocycles. The minimum absolute atomic E-state index is 0.112. The highest BCUT2D eigenvalue weighted by atomic mass is 16.7. The lowest BCUT2D eigenvalue weighted by Crippen LogP contribution is -2.52. The van der Waals surface area contributed by atoms with E-state index in [0.29, 0.717) is 5.75 Å². The molecule has 0 bridgehead atoms. The maximum absolute atomic E-state index is 11.9. The number of hydrogen-bond donors (Lipinski definition) is 0. The second-order valence-corrected chi connectivity index (χ2v) is 7.49. The van der Waals surface area contributed by atoms with Gasteiger partial charge in [-0.2, -0.15) is 0 Å². The van der Waals surface area contributed by atoms with E-state index in [1.165, 1.54) is 19.4 Å². The Bertz CT molecular complexity index is 862. The topological polar surface area (TPSA) is 74.3 Å². The molecule has 1 fully saturated rings. The molecule has 27 heavy (non-hydrogen) atoms. The third kappa shape index (κ3) is 2.60. The molecule has 1 aliphatic carbocycles. The van der Waals surface area contributed by atoms with Gasteiger partial charge < -0.3 is 18.9 Å². The van der Waals surface area contributed by atoms with Crippen LogP contribution in [-0.4, -0.2) is 48.4 Å². The summed E-state index contributed by atoms with van der Waals surface area (Å²) in [7, 11) is 0. The maximum atomic E-state index is 11.9. The first-order valence-corrected chi connectivity index (χ1v) is 9.23. The van der Waals surface area contributed by atoms with Crippen molar-refractivity contribution in [3.05, 3.63) is 34.9 Å². The summed E-state index contributed by atoms with van der Waals surface area (Å²) in [5.74, 6) is 0.579. The van der Waals surface area contributed by atoms with Gasteiger partial charge in [-0.1, -0.05) is 5.57 Å². The number of rotatable bonds is 2. The average Bonchev–Trinajstić information content (AvgIpc) is 3.21. The molecule has 0 amide bonds. The van der Waals surface area contributed by atoms with Gasteiger partial charge in [0.05, 0.1) is 0 Å². The molecule has 0 saturated carbocycles. The zero-order valence-electron chi connectivity index (χ0n) is 15.3. The molecule has 4 atom stereocenters. The van der Waals surface area contributed by atoms with Crippen molar-refractivity contribution in [1.82, 2.24) is 4.90 Å². The highest BCUT2D eigenvalue weighted by Gasteiger charge is 2.52. The van der Waals surface area contributed by atoms with Crippen molar-refractivity contribution in [2.45, 2.75) is 51.0 Å².